The maximum absolute atomic E-state index is 11.9. The third kappa shape index (κ3) is 3.32. The number of ketones is 1. The van der Waals surface area contributed by atoms with Gasteiger partial charge in [0, 0.05) is 19.4 Å². The maximum atomic E-state index is 11.9. The molecule has 104 valence electrons. The molecular formula is C15H17N3O2. The summed E-state index contributed by atoms with van der Waals surface area (Å²) in [6.07, 6.45) is 3.39. The van der Waals surface area contributed by atoms with Gasteiger partial charge in [-0.15, -0.1) is 0 Å². The normalized spacial score (nSPS) is 11.9. The van der Waals surface area contributed by atoms with Crippen molar-refractivity contribution in [3.8, 4) is 0 Å². The Hall–Kier alpha value is -2.43. The van der Waals surface area contributed by atoms with Gasteiger partial charge >= 0.3 is 0 Å². The number of rotatable bonds is 5. The van der Waals surface area contributed by atoms with Gasteiger partial charge in [0.2, 0.25) is 5.91 Å². The minimum atomic E-state index is -0.358. The van der Waals surface area contributed by atoms with Crippen LogP contribution in [-0.2, 0) is 16.6 Å². The van der Waals surface area contributed by atoms with Crippen molar-refractivity contribution in [1.82, 2.24) is 14.9 Å². The number of hydrogen-bond acceptors (Lipinski definition) is 3. The van der Waals surface area contributed by atoms with Gasteiger partial charge in [-0.2, -0.15) is 0 Å². The molecule has 1 aromatic carbocycles. The van der Waals surface area contributed by atoms with Crippen LogP contribution in [0.5, 0.6) is 0 Å². The lowest BCUT2D eigenvalue weighted by Gasteiger charge is -2.18. The highest BCUT2D eigenvalue weighted by Crippen LogP contribution is 2.20. The van der Waals surface area contributed by atoms with Gasteiger partial charge in [-0.1, -0.05) is 30.3 Å². The lowest BCUT2D eigenvalue weighted by Crippen LogP contribution is -2.32. The highest BCUT2D eigenvalue weighted by molar-refractivity contribution is 5.97. The molecular weight excluding hydrogens is 254 g/mol. The molecule has 5 nitrogen and oxygen atoms in total. The largest absolute Gasteiger partial charge is 0.342 e. The topological polar surface area (TPSA) is 64.0 Å². The predicted octanol–water partition coefficient (Wildman–Crippen LogP) is 1.60. The van der Waals surface area contributed by atoms with E-state index < -0.39 is 0 Å². The van der Waals surface area contributed by atoms with Crippen LogP contribution in [0.15, 0.2) is 42.7 Å². The van der Waals surface area contributed by atoms with E-state index in [0.717, 1.165) is 11.4 Å². The number of Topliss-reactive ketones (excluding diaryl/α,β-unsaturated/α-hetero) is 1. The quantitative estimate of drug-likeness (QED) is 0.840. The minimum Gasteiger partial charge on any atom is -0.342 e. The zero-order valence-corrected chi connectivity index (χ0v) is 11.5. The van der Waals surface area contributed by atoms with Crippen molar-refractivity contribution in [3.05, 3.63) is 54.1 Å². The highest BCUT2D eigenvalue weighted by Gasteiger charge is 2.20. The van der Waals surface area contributed by atoms with Crippen LogP contribution in [0.3, 0.4) is 0 Å². The number of aromatic nitrogens is 2. The number of benzene rings is 1. The summed E-state index contributed by atoms with van der Waals surface area (Å²) in [6.45, 7) is 1.40. The Bertz CT molecular complexity index is 605. The van der Waals surface area contributed by atoms with Crippen molar-refractivity contribution in [3.63, 3.8) is 0 Å². The van der Waals surface area contributed by atoms with Gasteiger partial charge in [-0.3, -0.25) is 9.59 Å². The Labute approximate surface area is 117 Å². The molecule has 0 fully saturated rings. The van der Waals surface area contributed by atoms with Gasteiger partial charge in [0.15, 0.2) is 0 Å². The molecule has 1 N–H and O–H groups in total. The van der Waals surface area contributed by atoms with Crippen molar-refractivity contribution >= 4 is 11.7 Å². The fourth-order valence-electron chi connectivity index (χ4n) is 2.04. The molecule has 2 aromatic rings. The second kappa shape index (κ2) is 6.14. The molecule has 1 heterocycles. The average Bonchev–Trinajstić information content (AvgIpc) is 2.82. The smallest absolute Gasteiger partial charge is 0.228 e. The van der Waals surface area contributed by atoms with Crippen LogP contribution in [0.2, 0.25) is 0 Å². The number of nitrogens with one attached hydrogen (secondary N) is 1. The number of nitrogens with zero attached hydrogens (tertiary/aromatic N) is 2. The summed E-state index contributed by atoms with van der Waals surface area (Å²) in [7, 11) is 1.87. The van der Waals surface area contributed by atoms with E-state index in [-0.39, 0.29) is 24.2 Å². The predicted molar refractivity (Wildman–Crippen MR) is 74.9 cm³/mol. The van der Waals surface area contributed by atoms with E-state index in [9.17, 15) is 9.59 Å². The fourth-order valence-corrected chi connectivity index (χ4v) is 2.04. The van der Waals surface area contributed by atoms with E-state index in [1.54, 1.807) is 6.20 Å². The van der Waals surface area contributed by atoms with Crippen molar-refractivity contribution < 1.29 is 9.59 Å². The van der Waals surface area contributed by atoms with Crippen LogP contribution in [0.25, 0.3) is 0 Å². The van der Waals surface area contributed by atoms with E-state index in [4.69, 9.17) is 0 Å². The standard InChI is InChI=1S/C15H17N3O2/c1-11(19)10-13(20)17-14(12-6-4-3-5-7-12)15-16-8-9-18(15)2/h3-9,14H,10H2,1-2H3,(H,17,20). The monoisotopic (exact) mass is 271 g/mol. The number of carbonyl (C=O) groups is 2. The summed E-state index contributed by atoms with van der Waals surface area (Å²) in [5.41, 5.74) is 0.929. The van der Waals surface area contributed by atoms with Crippen LogP contribution in [0.4, 0.5) is 0 Å². The van der Waals surface area contributed by atoms with Crippen molar-refractivity contribution in [2.45, 2.75) is 19.4 Å². The molecule has 0 radical (unpaired) electrons. The lowest BCUT2D eigenvalue weighted by atomic mass is 10.1. The fraction of sp³-hybridized carbons (Fsp3) is 0.267. The lowest BCUT2D eigenvalue weighted by molar-refractivity contribution is -0.127. The molecule has 0 aliphatic heterocycles. The Morgan fingerprint density at radius 1 is 1.30 bits per heavy atom. The van der Waals surface area contributed by atoms with E-state index in [2.05, 4.69) is 10.3 Å². The van der Waals surface area contributed by atoms with Crippen LogP contribution in [0, 0.1) is 0 Å². The van der Waals surface area contributed by atoms with Crippen molar-refractivity contribution in [1.29, 1.82) is 0 Å². The zero-order chi connectivity index (χ0) is 14.5. The minimum absolute atomic E-state index is 0.117. The molecule has 0 aliphatic carbocycles. The first-order chi connectivity index (χ1) is 9.58. The molecule has 0 spiro atoms. The maximum Gasteiger partial charge on any atom is 0.228 e. The number of amides is 1. The third-order valence-electron chi connectivity index (χ3n) is 2.96. The molecule has 20 heavy (non-hydrogen) atoms. The van der Waals surface area contributed by atoms with E-state index in [1.165, 1.54) is 6.92 Å². The van der Waals surface area contributed by atoms with Gasteiger partial charge in [-0.25, -0.2) is 4.98 Å². The summed E-state index contributed by atoms with van der Waals surface area (Å²) in [4.78, 5) is 27.2. The Morgan fingerprint density at radius 3 is 2.55 bits per heavy atom. The van der Waals surface area contributed by atoms with Crippen LogP contribution in [0.1, 0.15) is 30.8 Å². The van der Waals surface area contributed by atoms with Crippen molar-refractivity contribution in [2.75, 3.05) is 0 Å². The van der Waals surface area contributed by atoms with Gasteiger partial charge in [0.05, 0.1) is 6.42 Å². The first kappa shape index (κ1) is 14.0. The highest BCUT2D eigenvalue weighted by atomic mass is 16.2. The SMILES string of the molecule is CC(=O)CC(=O)NC(c1ccccc1)c1nccn1C. The van der Waals surface area contributed by atoms with Gasteiger partial charge < -0.3 is 9.88 Å². The van der Waals surface area contributed by atoms with Crippen molar-refractivity contribution in [2.24, 2.45) is 7.05 Å². The molecule has 1 amide bonds. The van der Waals surface area contributed by atoms with E-state index >= 15 is 0 Å². The van der Waals surface area contributed by atoms with Gasteiger partial charge in [0.25, 0.3) is 0 Å². The van der Waals surface area contributed by atoms with E-state index in [0.29, 0.717) is 0 Å². The zero-order valence-electron chi connectivity index (χ0n) is 11.5. The number of imidazole rings is 1. The Kier molecular flexibility index (Phi) is 4.30. The first-order valence-corrected chi connectivity index (χ1v) is 6.39. The second-order valence-corrected chi connectivity index (χ2v) is 4.69. The van der Waals surface area contributed by atoms with Crippen LogP contribution in [-0.4, -0.2) is 21.2 Å². The van der Waals surface area contributed by atoms with Crippen LogP contribution < -0.4 is 5.32 Å². The molecule has 0 saturated heterocycles. The molecule has 1 aromatic heterocycles. The molecule has 1 unspecified atom stereocenters. The Balaban J connectivity index is 2.28. The Morgan fingerprint density at radius 2 is 2.00 bits per heavy atom. The number of hydrogen-bond donors (Lipinski definition) is 1. The number of carbonyl (C=O) groups excluding carboxylic acids is 2. The molecule has 5 heteroatoms. The molecule has 2 rings (SSSR count). The third-order valence-corrected chi connectivity index (χ3v) is 2.96. The van der Waals surface area contributed by atoms with E-state index in [1.807, 2.05) is 48.1 Å². The average molecular weight is 271 g/mol. The summed E-state index contributed by atoms with van der Waals surface area (Å²) in [6, 6.07) is 9.21. The summed E-state index contributed by atoms with van der Waals surface area (Å²) in [5.74, 6) is 0.275. The molecule has 0 saturated carbocycles. The first-order valence-electron chi connectivity index (χ1n) is 6.39. The second-order valence-electron chi connectivity index (χ2n) is 4.69. The van der Waals surface area contributed by atoms with Gasteiger partial charge in [-0.05, 0) is 12.5 Å². The molecule has 0 aliphatic rings. The summed E-state index contributed by atoms with van der Waals surface area (Å²) in [5, 5.41) is 2.86. The molecule has 0 bridgehead atoms. The summed E-state index contributed by atoms with van der Waals surface area (Å²) < 4.78 is 1.85. The summed E-state index contributed by atoms with van der Waals surface area (Å²) >= 11 is 0. The van der Waals surface area contributed by atoms with Crippen LogP contribution >= 0.6 is 0 Å². The van der Waals surface area contributed by atoms with Gasteiger partial charge in [0.1, 0.15) is 17.6 Å². The number of aryl methyl sites for hydroxylation is 1. The molecule has 1 atom stereocenters.